The van der Waals surface area contributed by atoms with Crippen molar-refractivity contribution in [1.29, 1.82) is 0 Å². The van der Waals surface area contributed by atoms with Gasteiger partial charge in [-0.25, -0.2) is 12.8 Å². The largest absolute Gasteiger partial charge is 0.493 e. The molecule has 0 radical (unpaired) electrons. The van der Waals surface area contributed by atoms with Crippen molar-refractivity contribution in [3.63, 3.8) is 0 Å². The highest BCUT2D eigenvalue weighted by molar-refractivity contribution is 7.89. The number of alkyl halides is 3. The molecule has 0 aliphatic heterocycles. The molecule has 3 aromatic carbocycles. The Balaban J connectivity index is 1.89. The molecule has 34 heavy (non-hydrogen) atoms. The van der Waals surface area contributed by atoms with Crippen LogP contribution in [0.4, 0.5) is 17.6 Å². The zero-order valence-corrected chi connectivity index (χ0v) is 19.3. The van der Waals surface area contributed by atoms with Gasteiger partial charge in [0.1, 0.15) is 5.82 Å². The van der Waals surface area contributed by atoms with E-state index in [1.54, 1.807) is 18.2 Å². The third-order valence-electron chi connectivity index (χ3n) is 5.19. The molecule has 0 bridgehead atoms. The van der Waals surface area contributed by atoms with E-state index in [0.29, 0.717) is 23.5 Å². The standard InChI is InChI=1S/C24H23F4NO4S/c1-32-22-12-5-17(15-23(22)33-2)13-14-29(34(30,31)21-10-8-20(25)9-11-21)16-18-3-6-19(7-4-18)24(26,27)28/h3-12,15H,13-14,16H2,1-2H3. The van der Waals surface area contributed by atoms with Crippen molar-refractivity contribution < 1.29 is 35.5 Å². The SMILES string of the molecule is COc1ccc(CCN(Cc2ccc(C(F)(F)F)cc2)S(=O)(=O)c2ccc(F)cc2)cc1OC. The lowest BCUT2D eigenvalue weighted by Crippen LogP contribution is -2.32. The van der Waals surface area contributed by atoms with Crippen LogP contribution in [0.15, 0.2) is 71.6 Å². The smallest absolute Gasteiger partial charge is 0.416 e. The van der Waals surface area contributed by atoms with Gasteiger partial charge >= 0.3 is 6.18 Å². The first-order chi connectivity index (χ1) is 16.0. The molecule has 0 saturated carbocycles. The van der Waals surface area contributed by atoms with E-state index < -0.39 is 27.6 Å². The number of sulfonamides is 1. The molecule has 0 heterocycles. The van der Waals surface area contributed by atoms with Gasteiger partial charge in [-0.3, -0.25) is 0 Å². The number of ether oxygens (including phenoxy) is 2. The number of rotatable bonds is 9. The minimum absolute atomic E-state index is 0.0240. The second-order valence-corrected chi connectivity index (χ2v) is 9.36. The van der Waals surface area contributed by atoms with Crippen molar-refractivity contribution in [2.24, 2.45) is 0 Å². The van der Waals surface area contributed by atoms with E-state index in [9.17, 15) is 26.0 Å². The fraction of sp³-hybridized carbons (Fsp3) is 0.250. The molecule has 3 aromatic rings. The zero-order valence-electron chi connectivity index (χ0n) is 18.5. The molecule has 3 rings (SSSR count). The Labute approximate surface area is 195 Å². The summed E-state index contributed by atoms with van der Waals surface area (Å²) in [6.45, 7) is -0.138. The summed E-state index contributed by atoms with van der Waals surface area (Å²) < 4.78 is 90.3. The molecule has 0 unspecified atom stereocenters. The lowest BCUT2D eigenvalue weighted by atomic mass is 10.1. The van der Waals surface area contributed by atoms with Crippen LogP contribution in [0.3, 0.4) is 0 Å². The van der Waals surface area contributed by atoms with Crippen molar-refractivity contribution in [2.45, 2.75) is 24.0 Å². The monoisotopic (exact) mass is 497 g/mol. The van der Waals surface area contributed by atoms with Crippen LogP contribution in [0.25, 0.3) is 0 Å². The van der Waals surface area contributed by atoms with Gasteiger partial charge in [0.25, 0.3) is 0 Å². The average molecular weight is 498 g/mol. The number of benzene rings is 3. The van der Waals surface area contributed by atoms with Crippen LogP contribution < -0.4 is 9.47 Å². The van der Waals surface area contributed by atoms with E-state index in [2.05, 4.69) is 0 Å². The molecule has 0 aromatic heterocycles. The molecular weight excluding hydrogens is 474 g/mol. The van der Waals surface area contributed by atoms with Crippen molar-refractivity contribution in [3.8, 4) is 11.5 Å². The third kappa shape index (κ3) is 6.06. The predicted octanol–water partition coefficient (Wildman–Crippen LogP) is 5.30. The lowest BCUT2D eigenvalue weighted by molar-refractivity contribution is -0.137. The summed E-state index contributed by atoms with van der Waals surface area (Å²) in [4.78, 5) is -0.117. The van der Waals surface area contributed by atoms with Gasteiger partial charge in [0, 0.05) is 13.1 Å². The van der Waals surface area contributed by atoms with Gasteiger partial charge in [0.15, 0.2) is 11.5 Å². The zero-order chi connectivity index (χ0) is 24.9. The molecular formula is C24H23F4NO4S. The Morgan fingerprint density at radius 3 is 1.97 bits per heavy atom. The van der Waals surface area contributed by atoms with Crippen LogP contribution >= 0.6 is 0 Å². The van der Waals surface area contributed by atoms with Crippen molar-refractivity contribution in [1.82, 2.24) is 4.31 Å². The Morgan fingerprint density at radius 2 is 1.41 bits per heavy atom. The average Bonchev–Trinajstić information content (AvgIpc) is 2.81. The quantitative estimate of drug-likeness (QED) is 0.377. The minimum Gasteiger partial charge on any atom is -0.493 e. The molecule has 0 fully saturated rings. The van der Waals surface area contributed by atoms with Gasteiger partial charge in [-0.05, 0) is 66.1 Å². The van der Waals surface area contributed by atoms with Gasteiger partial charge in [0.05, 0.1) is 24.7 Å². The highest BCUT2D eigenvalue weighted by Crippen LogP contribution is 2.30. The Kier molecular flexibility index (Phi) is 7.83. The van der Waals surface area contributed by atoms with Crippen LogP contribution in [-0.4, -0.2) is 33.5 Å². The Bertz CT molecular complexity index is 1210. The van der Waals surface area contributed by atoms with Crippen LogP contribution in [-0.2, 0) is 29.2 Å². The summed E-state index contributed by atoms with van der Waals surface area (Å²) in [5.41, 5.74) is 0.324. The van der Waals surface area contributed by atoms with Crippen molar-refractivity contribution >= 4 is 10.0 Å². The number of halogens is 4. The molecule has 0 aliphatic carbocycles. The van der Waals surface area contributed by atoms with Crippen molar-refractivity contribution in [2.75, 3.05) is 20.8 Å². The fourth-order valence-electron chi connectivity index (χ4n) is 3.33. The van der Waals surface area contributed by atoms with Gasteiger partial charge < -0.3 is 9.47 Å². The Morgan fingerprint density at radius 1 is 0.824 bits per heavy atom. The lowest BCUT2D eigenvalue weighted by Gasteiger charge is -2.23. The van der Waals surface area contributed by atoms with Crippen LogP contribution in [0.1, 0.15) is 16.7 Å². The summed E-state index contributed by atoms with van der Waals surface area (Å²) in [6.07, 6.45) is -4.20. The van der Waals surface area contributed by atoms with E-state index >= 15 is 0 Å². The summed E-state index contributed by atoms with van der Waals surface area (Å²) in [7, 11) is -1.08. The van der Waals surface area contributed by atoms with E-state index in [1.807, 2.05) is 0 Å². The summed E-state index contributed by atoms with van der Waals surface area (Å²) in [5.74, 6) is 0.418. The summed E-state index contributed by atoms with van der Waals surface area (Å²) >= 11 is 0. The maximum atomic E-state index is 13.3. The first-order valence-corrected chi connectivity index (χ1v) is 11.6. The second-order valence-electron chi connectivity index (χ2n) is 7.43. The maximum absolute atomic E-state index is 13.3. The molecule has 0 atom stereocenters. The molecule has 0 amide bonds. The molecule has 5 nitrogen and oxygen atoms in total. The van der Waals surface area contributed by atoms with Gasteiger partial charge in [-0.2, -0.15) is 17.5 Å². The van der Waals surface area contributed by atoms with E-state index in [-0.39, 0.29) is 18.0 Å². The molecule has 0 spiro atoms. The number of hydrogen-bond acceptors (Lipinski definition) is 4. The van der Waals surface area contributed by atoms with Crippen LogP contribution in [0.5, 0.6) is 11.5 Å². The Hall–Kier alpha value is -3.11. The minimum atomic E-state index is -4.49. The topological polar surface area (TPSA) is 55.8 Å². The number of hydrogen-bond donors (Lipinski definition) is 0. The second kappa shape index (κ2) is 10.4. The van der Waals surface area contributed by atoms with Crippen molar-refractivity contribution in [3.05, 3.63) is 89.2 Å². The van der Waals surface area contributed by atoms with Crippen LogP contribution in [0, 0.1) is 5.82 Å². The third-order valence-corrected chi connectivity index (χ3v) is 7.05. The van der Waals surface area contributed by atoms with E-state index in [4.69, 9.17) is 9.47 Å². The molecule has 0 aliphatic rings. The van der Waals surface area contributed by atoms with E-state index in [1.165, 1.54) is 26.4 Å². The van der Waals surface area contributed by atoms with E-state index in [0.717, 1.165) is 46.3 Å². The first kappa shape index (κ1) is 25.5. The highest BCUT2D eigenvalue weighted by Gasteiger charge is 2.30. The summed E-state index contributed by atoms with van der Waals surface area (Å²) in [5, 5.41) is 0. The molecule has 0 saturated heterocycles. The van der Waals surface area contributed by atoms with Crippen LogP contribution in [0.2, 0.25) is 0 Å². The normalized spacial score (nSPS) is 12.1. The van der Waals surface area contributed by atoms with Gasteiger partial charge in [-0.15, -0.1) is 0 Å². The first-order valence-electron chi connectivity index (χ1n) is 10.2. The summed E-state index contributed by atoms with van der Waals surface area (Å²) in [6, 6.07) is 13.9. The van der Waals surface area contributed by atoms with Gasteiger partial charge in [-0.1, -0.05) is 18.2 Å². The maximum Gasteiger partial charge on any atom is 0.416 e. The highest BCUT2D eigenvalue weighted by atomic mass is 32.2. The molecule has 0 N–H and O–H groups in total. The molecule has 182 valence electrons. The van der Waals surface area contributed by atoms with Gasteiger partial charge in [0.2, 0.25) is 10.0 Å². The fourth-order valence-corrected chi connectivity index (χ4v) is 4.76. The predicted molar refractivity (Wildman–Crippen MR) is 119 cm³/mol. The number of methoxy groups -OCH3 is 2. The number of nitrogens with zero attached hydrogens (tertiary/aromatic N) is 1. The molecule has 10 heteroatoms.